The van der Waals surface area contributed by atoms with E-state index in [1.165, 1.54) is 18.4 Å². The normalized spacial score (nSPS) is 15.7. The Kier molecular flexibility index (Phi) is 5.63. The molecular formula is C14H21ClN2O. The third-order valence-electron chi connectivity index (χ3n) is 3.09. The van der Waals surface area contributed by atoms with Crippen LogP contribution in [0.25, 0.3) is 0 Å². The second kappa shape index (κ2) is 6.76. The number of hydrogen-bond acceptors (Lipinski definition) is 2. The number of hydrogen-bond donors (Lipinski definition) is 2. The number of rotatable bonds is 5. The van der Waals surface area contributed by atoms with Crippen molar-refractivity contribution in [1.82, 2.24) is 5.32 Å². The molecule has 0 aliphatic heterocycles. The highest BCUT2D eigenvalue weighted by Gasteiger charge is 2.25. The van der Waals surface area contributed by atoms with Crippen LogP contribution in [0.3, 0.4) is 0 Å². The summed E-state index contributed by atoms with van der Waals surface area (Å²) >= 11 is 0. The molecule has 1 aliphatic rings. The Bertz CT molecular complexity index is 387. The first-order valence-corrected chi connectivity index (χ1v) is 6.35. The van der Waals surface area contributed by atoms with Crippen LogP contribution in [-0.4, -0.2) is 18.0 Å². The van der Waals surface area contributed by atoms with Gasteiger partial charge in [0.15, 0.2) is 0 Å². The van der Waals surface area contributed by atoms with E-state index in [4.69, 9.17) is 0 Å². The van der Waals surface area contributed by atoms with Gasteiger partial charge in [0.2, 0.25) is 5.91 Å². The van der Waals surface area contributed by atoms with Crippen molar-refractivity contribution in [3.63, 3.8) is 0 Å². The lowest BCUT2D eigenvalue weighted by Gasteiger charge is -2.13. The van der Waals surface area contributed by atoms with Crippen molar-refractivity contribution in [2.75, 3.05) is 5.32 Å². The summed E-state index contributed by atoms with van der Waals surface area (Å²) in [6.45, 7) is 4.03. The first-order chi connectivity index (χ1) is 8.19. The number of amides is 1. The topological polar surface area (TPSA) is 41.1 Å². The second-order valence-electron chi connectivity index (χ2n) is 4.70. The van der Waals surface area contributed by atoms with Gasteiger partial charge in [0.25, 0.3) is 0 Å². The van der Waals surface area contributed by atoms with Gasteiger partial charge in [-0.2, -0.15) is 0 Å². The Hall–Kier alpha value is -1.06. The third-order valence-corrected chi connectivity index (χ3v) is 3.09. The van der Waals surface area contributed by atoms with Crippen LogP contribution in [0, 0.1) is 0 Å². The molecule has 1 aromatic carbocycles. The van der Waals surface area contributed by atoms with E-state index in [1.807, 2.05) is 19.1 Å². The lowest BCUT2D eigenvalue weighted by molar-refractivity contribution is -0.117. The van der Waals surface area contributed by atoms with E-state index in [1.54, 1.807) is 0 Å². The molecule has 100 valence electrons. The van der Waals surface area contributed by atoms with Crippen LogP contribution >= 0.6 is 12.4 Å². The number of nitrogens with one attached hydrogen (secondary N) is 2. The summed E-state index contributed by atoms with van der Waals surface area (Å²) in [6.07, 6.45) is 3.42. The highest BCUT2D eigenvalue weighted by molar-refractivity contribution is 5.94. The molecule has 1 atom stereocenters. The highest BCUT2D eigenvalue weighted by atomic mass is 35.5. The van der Waals surface area contributed by atoms with E-state index >= 15 is 0 Å². The van der Waals surface area contributed by atoms with Gasteiger partial charge in [0, 0.05) is 11.7 Å². The Morgan fingerprint density at radius 2 is 1.94 bits per heavy atom. The summed E-state index contributed by atoms with van der Waals surface area (Å²) in [5, 5.41) is 6.21. The Morgan fingerprint density at radius 1 is 1.33 bits per heavy atom. The van der Waals surface area contributed by atoms with E-state index in [9.17, 15) is 4.79 Å². The van der Waals surface area contributed by atoms with Gasteiger partial charge in [0.1, 0.15) is 0 Å². The minimum Gasteiger partial charge on any atom is -0.325 e. The molecule has 0 aromatic heterocycles. The molecule has 1 unspecified atom stereocenters. The number of carbonyl (C=O) groups is 1. The van der Waals surface area contributed by atoms with Gasteiger partial charge >= 0.3 is 0 Å². The molecule has 2 N–H and O–H groups in total. The van der Waals surface area contributed by atoms with E-state index in [0.717, 1.165) is 12.1 Å². The first kappa shape index (κ1) is 15.0. The fraction of sp³-hybridized carbons (Fsp3) is 0.500. The monoisotopic (exact) mass is 268 g/mol. The van der Waals surface area contributed by atoms with Crippen molar-refractivity contribution in [2.24, 2.45) is 0 Å². The minimum atomic E-state index is -0.117. The maximum Gasteiger partial charge on any atom is 0.241 e. The lowest BCUT2D eigenvalue weighted by atomic mass is 10.1. The van der Waals surface area contributed by atoms with Gasteiger partial charge in [-0.3, -0.25) is 4.79 Å². The molecule has 1 amide bonds. The molecule has 0 saturated heterocycles. The predicted octanol–water partition coefficient (Wildman–Crippen LogP) is 2.75. The van der Waals surface area contributed by atoms with Crippen molar-refractivity contribution in [2.45, 2.75) is 45.2 Å². The van der Waals surface area contributed by atoms with Crippen molar-refractivity contribution in [3.05, 3.63) is 29.8 Å². The quantitative estimate of drug-likeness (QED) is 0.862. The second-order valence-corrected chi connectivity index (χ2v) is 4.70. The first-order valence-electron chi connectivity index (χ1n) is 6.35. The molecule has 4 heteroatoms. The molecule has 0 radical (unpaired) electrons. The van der Waals surface area contributed by atoms with Crippen molar-refractivity contribution in [1.29, 1.82) is 0 Å². The Labute approximate surface area is 115 Å². The van der Waals surface area contributed by atoms with Crippen LogP contribution in [-0.2, 0) is 11.2 Å². The molecule has 3 nitrogen and oxygen atoms in total. The molecule has 1 saturated carbocycles. The van der Waals surface area contributed by atoms with Crippen molar-refractivity contribution in [3.8, 4) is 0 Å². The summed E-state index contributed by atoms with van der Waals surface area (Å²) in [5.74, 6) is 0.0427. The smallest absolute Gasteiger partial charge is 0.241 e. The molecular weight excluding hydrogens is 248 g/mol. The van der Waals surface area contributed by atoms with Gasteiger partial charge < -0.3 is 10.6 Å². The summed E-state index contributed by atoms with van der Waals surface area (Å²) < 4.78 is 0. The van der Waals surface area contributed by atoms with E-state index in [0.29, 0.717) is 6.04 Å². The molecule has 0 spiro atoms. The predicted molar refractivity (Wildman–Crippen MR) is 77.3 cm³/mol. The zero-order valence-corrected chi connectivity index (χ0v) is 11.7. The molecule has 1 aliphatic carbocycles. The van der Waals surface area contributed by atoms with Gasteiger partial charge in [-0.25, -0.2) is 0 Å². The average molecular weight is 269 g/mol. The van der Waals surface area contributed by atoms with Crippen LogP contribution in [0.1, 0.15) is 32.3 Å². The van der Waals surface area contributed by atoms with Crippen molar-refractivity contribution >= 4 is 24.0 Å². The highest BCUT2D eigenvalue weighted by Crippen LogP contribution is 2.19. The van der Waals surface area contributed by atoms with Gasteiger partial charge in [-0.05, 0) is 43.9 Å². The minimum absolute atomic E-state index is 0. The van der Waals surface area contributed by atoms with Crippen LogP contribution in [0.15, 0.2) is 24.3 Å². The summed E-state index contributed by atoms with van der Waals surface area (Å²) in [5.41, 5.74) is 2.16. The molecule has 18 heavy (non-hydrogen) atoms. The average Bonchev–Trinajstić information content (AvgIpc) is 3.14. The number of anilines is 1. The molecule has 1 fully saturated rings. The number of aryl methyl sites for hydroxylation is 1. The van der Waals surface area contributed by atoms with E-state index in [-0.39, 0.29) is 24.4 Å². The Balaban J connectivity index is 0.00000162. The van der Waals surface area contributed by atoms with Crippen LogP contribution < -0.4 is 10.6 Å². The summed E-state index contributed by atoms with van der Waals surface area (Å²) in [7, 11) is 0. The molecule has 0 heterocycles. The molecule has 0 bridgehead atoms. The molecule has 1 aromatic rings. The maximum absolute atomic E-state index is 11.9. The molecule has 2 rings (SSSR count). The largest absolute Gasteiger partial charge is 0.325 e. The number of halogens is 1. The lowest BCUT2D eigenvalue weighted by Crippen LogP contribution is -2.39. The van der Waals surface area contributed by atoms with Crippen LogP contribution in [0.5, 0.6) is 0 Å². The van der Waals surface area contributed by atoms with E-state index in [2.05, 4.69) is 29.7 Å². The fourth-order valence-corrected chi connectivity index (χ4v) is 1.75. The Morgan fingerprint density at radius 3 is 2.44 bits per heavy atom. The maximum atomic E-state index is 11.9. The van der Waals surface area contributed by atoms with Gasteiger partial charge in [0.05, 0.1) is 6.04 Å². The summed E-state index contributed by atoms with van der Waals surface area (Å²) in [4.78, 5) is 11.9. The van der Waals surface area contributed by atoms with Crippen molar-refractivity contribution < 1.29 is 4.79 Å². The van der Waals surface area contributed by atoms with Crippen LogP contribution in [0.4, 0.5) is 5.69 Å². The zero-order valence-electron chi connectivity index (χ0n) is 10.9. The SMILES string of the molecule is CCc1ccc(NC(=O)C(C)NC2CC2)cc1.Cl. The third kappa shape index (κ3) is 4.31. The van der Waals surface area contributed by atoms with Gasteiger partial charge in [-0.1, -0.05) is 19.1 Å². The van der Waals surface area contributed by atoms with Crippen LogP contribution in [0.2, 0.25) is 0 Å². The fourth-order valence-electron chi connectivity index (χ4n) is 1.75. The van der Waals surface area contributed by atoms with E-state index < -0.39 is 0 Å². The summed E-state index contributed by atoms with van der Waals surface area (Å²) in [6, 6.07) is 8.45. The number of carbonyl (C=O) groups excluding carboxylic acids is 1. The number of benzene rings is 1. The standard InChI is InChI=1S/C14H20N2O.ClH/c1-3-11-4-6-13(7-5-11)16-14(17)10(2)15-12-8-9-12;/h4-7,10,12,15H,3,8-9H2,1-2H3,(H,16,17);1H. The zero-order chi connectivity index (χ0) is 12.3. The van der Waals surface area contributed by atoms with Gasteiger partial charge in [-0.15, -0.1) is 12.4 Å².